The topological polar surface area (TPSA) is 105 Å². The number of piperazine rings is 1. The van der Waals surface area contributed by atoms with Crippen molar-refractivity contribution in [2.24, 2.45) is 5.92 Å². The number of benzene rings is 2. The van der Waals surface area contributed by atoms with Crippen LogP contribution in [0, 0.1) is 17.2 Å². The van der Waals surface area contributed by atoms with Crippen molar-refractivity contribution in [2.75, 3.05) is 37.6 Å². The summed E-state index contributed by atoms with van der Waals surface area (Å²) in [6.45, 7) is 5.01. The summed E-state index contributed by atoms with van der Waals surface area (Å²) in [5.74, 6) is -0.521. The van der Waals surface area contributed by atoms with E-state index >= 15 is 0 Å². The average Bonchev–Trinajstić information content (AvgIpc) is 3.54. The Kier molecular flexibility index (Phi) is 7.08. The summed E-state index contributed by atoms with van der Waals surface area (Å²) in [7, 11) is 0. The van der Waals surface area contributed by atoms with E-state index in [4.69, 9.17) is 4.42 Å². The van der Waals surface area contributed by atoms with Crippen LogP contribution in [-0.2, 0) is 11.2 Å². The Morgan fingerprint density at radius 3 is 2.67 bits per heavy atom. The second-order valence-corrected chi connectivity index (χ2v) is 10.8. The number of carbonyl (C=O) groups is 2. The number of unbranched alkanes of at least 4 members (excludes halogenated alkanes) is 1. The first kappa shape index (κ1) is 25.2. The Labute approximate surface area is 227 Å². The lowest BCUT2D eigenvalue weighted by molar-refractivity contribution is -0.126. The highest BCUT2D eigenvalue weighted by atomic mass is 16.3. The maximum absolute atomic E-state index is 12.5. The smallest absolute Gasteiger partial charge is 0.293 e. The molecule has 200 valence electrons. The van der Waals surface area contributed by atoms with Gasteiger partial charge in [-0.1, -0.05) is 6.42 Å². The van der Waals surface area contributed by atoms with Gasteiger partial charge in [-0.2, -0.15) is 5.26 Å². The summed E-state index contributed by atoms with van der Waals surface area (Å²) in [4.78, 5) is 32.8. The van der Waals surface area contributed by atoms with Gasteiger partial charge < -0.3 is 14.3 Å². The quantitative estimate of drug-likeness (QED) is 0.249. The number of amides is 2. The van der Waals surface area contributed by atoms with E-state index in [1.54, 1.807) is 6.07 Å². The molecule has 6 rings (SSSR count). The van der Waals surface area contributed by atoms with E-state index in [-0.39, 0.29) is 17.6 Å². The van der Waals surface area contributed by atoms with Gasteiger partial charge in [0.15, 0.2) is 5.76 Å². The number of nitrogens with one attached hydrogen (secondary N) is 2. The summed E-state index contributed by atoms with van der Waals surface area (Å²) in [5.41, 5.74) is 4.85. The molecule has 2 fully saturated rings. The van der Waals surface area contributed by atoms with E-state index in [9.17, 15) is 14.9 Å². The second kappa shape index (κ2) is 11.0. The fourth-order valence-electron chi connectivity index (χ4n) is 5.62. The van der Waals surface area contributed by atoms with Gasteiger partial charge in [0.25, 0.3) is 5.91 Å². The van der Waals surface area contributed by atoms with Crippen LogP contribution in [0.25, 0.3) is 21.9 Å². The van der Waals surface area contributed by atoms with Gasteiger partial charge in [0.05, 0.1) is 11.6 Å². The lowest BCUT2D eigenvalue weighted by atomic mass is 9.85. The predicted molar refractivity (Wildman–Crippen MR) is 151 cm³/mol. The minimum Gasteiger partial charge on any atom is -0.451 e. The van der Waals surface area contributed by atoms with Gasteiger partial charge in [0.1, 0.15) is 5.58 Å². The number of rotatable bonds is 8. The van der Waals surface area contributed by atoms with Crippen molar-refractivity contribution in [3.05, 3.63) is 65.5 Å². The minimum atomic E-state index is -0.463. The number of imide groups is 1. The van der Waals surface area contributed by atoms with Crippen LogP contribution in [0.1, 0.15) is 53.8 Å². The Morgan fingerprint density at radius 2 is 1.90 bits per heavy atom. The first-order valence-electron chi connectivity index (χ1n) is 13.9. The fraction of sp³-hybridized carbons (Fsp3) is 0.387. The molecule has 2 aliphatic rings. The van der Waals surface area contributed by atoms with Gasteiger partial charge in [-0.15, -0.1) is 0 Å². The Hall–Kier alpha value is -4.09. The zero-order valence-electron chi connectivity index (χ0n) is 22.0. The van der Waals surface area contributed by atoms with E-state index < -0.39 is 5.91 Å². The van der Waals surface area contributed by atoms with E-state index in [0.29, 0.717) is 11.1 Å². The normalized spacial score (nSPS) is 16.3. The molecule has 0 radical (unpaired) electrons. The third-order valence-corrected chi connectivity index (χ3v) is 8.24. The molecular formula is C31H33N5O3. The molecule has 3 heterocycles. The van der Waals surface area contributed by atoms with Crippen LogP contribution in [-0.4, -0.2) is 54.4 Å². The zero-order chi connectivity index (χ0) is 26.8. The lowest BCUT2D eigenvalue weighted by Gasteiger charge is -2.36. The molecule has 8 nitrogen and oxygen atoms in total. The van der Waals surface area contributed by atoms with Crippen molar-refractivity contribution in [3.8, 4) is 6.07 Å². The van der Waals surface area contributed by atoms with Crippen LogP contribution in [0.3, 0.4) is 0 Å². The number of aryl methyl sites for hydroxylation is 1. The number of aromatic nitrogens is 1. The number of fused-ring (bicyclic) bond motifs is 2. The number of aromatic amines is 1. The van der Waals surface area contributed by atoms with Gasteiger partial charge >= 0.3 is 0 Å². The largest absolute Gasteiger partial charge is 0.451 e. The van der Waals surface area contributed by atoms with E-state index in [1.165, 1.54) is 5.56 Å². The maximum Gasteiger partial charge on any atom is 0.293 e. The average molecular weight is 524 g/mol. The van der Waals surface area contributed by atoms with E-state index in [2.05, 4.69) is 38.4 Å². The van der Waals surface area contributed by atoms with Gasteiger partial charge in [-0.05, 0) is 86.7 Å². The molecule has 1 aliphatic heterocycles. The number of carbonyl (C=O) groups excluding carboxylic acids is 2. The van der Waals surface area contributed by atoms with Crippen LogP contribution >= 0.6 is 0 Å². The maximum atomic E-state index is 12.5. The minimum absolute atomic E-state index is 0.0400. The molecule has 1 saturated heterocycles. The van der Waals surface area contributed by atoms with Gasteiger partial charge in [0.2, 0.25) is 5.91 Å². The third kappa shape index (κ3) is 5.41. The van der Waals surface area contributed by atoms with Crippen molar-refractivity contribution in [2.45, 2.75) is 38.5 Å². The van der Waals surface area contributed by atoms with Gasteiger partial charge in [-0.3, -0.25) is 19.8 Å². The molecule has 0 spiro atoms. The Morgan fingerprint density at radius 1 is 1.05 bits per heavy atom. The zero-order valence-corrected chi connectivity index (χ0v) is 22.0. The number of furan rings is 1. The summed E-state index contributed by atoms with van der Waals surface area (Å²) >= 11 is 0. The molecule has 2 amide bonds. The summed E-state index contributed by atoms with van der Waals surface area (Å²) in [6, 6.07) is 15.8. The highest BCUT2D eigenvalue weighted by molar-refractivity contribution is 6.05. The van der Waals surface area contributed by atoms with Crippen molar-refractivity contribution in [1.29, 1.82) is 5.26 Å². The first-order valence-corrected chi connectivity index (χ1v) is 13.9. The predicted octanol–water partition coefficient (Wildman–Crippen LogP) is 4.99. The molecule has 1 aliphatic carbocycles. The molecule has 0 unspecified atom stereocenters. The lowest BCUT2D eigenvalue weighted by Crippen LogP contribution is -2.46. The SMILES string of the molecule is N#Cc1ccc2[nH]cc(CCCCN3CCN(c4ccc5oc(C(=O)NC(=O)C6CCC6)cc5c4)CC3)c2c1. The molecular weight excluding hydrogens is 490 g/mol. The summed E-state index contributed by atoms with van der Waals surface area (Å²) in [6.07, 6.45) is 8.09. The number of anilines is 1. The Bertz CT molecular complexity index is 1550. The summed E-state index contributed by atoms with van der Waals surface area (Å²) < 4.78 is 5.73. The van der Waals surface area contributed by atoms with Crippen LogP contribution in [0.2, 0.25) is 0 Å². The van der Waals surface area contributed by atoms with Crippen molar-refractivity contribution >= 4 is 39.4 Å². The van der Waals surface area contributed by atoms with Crippen LogP contribution in [0.5, 0.6) is 0 Å². The number of hydrogen-bond acceptors (Lipinski definition) is 6. The highest BCUT2D eigenvalue weighted by Crippen LogP contribution is 2.28. The summed E-state index contributed by atoms with van der Waals surface area (Å²) in [5, 5.41) is 13.7. The van der Waals surface area contributed by atoms with Crippen LogP contribution < -0.4 is 10.2 Å². The molecule has 2 aromatic heterocycles. The number of nitriles is 1. The molecule has 4 aromatic rings. The molecule has 2 N–H and O–H groups in total. The van der Waals surface area contributed by atoms with Crippen LogP contribution in [0.4, 0.5) is 5.69 Å². The molecule has 1 saturated carbocycles. The van der Waals surface area contributed by atoms with Crippen molar-refractivity contribution < 1.29 is 14.0 Å². The van der Waals surface area contributed by atoms with Crippen molar-refractivity contribution in [3.63, 3.8) is 0 Å². The number of nitrogens with zero attached hydrogens (tertiary/aromatic N) is 3. The molecule has 0 atom stereocenters. The van der Waals surface area contributed by atoms with Gasteiger partial charge in [0, 0.05) is 60.3 Å². The molecule has 2 aromatic carbocycles. The molecule has 39 heavy (non-hydrogen) atoms. The first-order chi connectivity index (χ1) is 19.1. The third-order valence-electron chi connectivity index (χ3n) is 8.24. The molecule has 0 bridgehead atoms. The highest BCUT2D eigenvalue weighted by Gasteiger charge is 2.27. The number of hydrogen-bond donors (Lipinski definition) is 2. The Balaban J connectivity index is 0.980. The second-order valence-electron chi connectivity index (χ2n) is 10.8. The van der Waals surface area contributed by atoms with Gasteiger partial charge in [-0.25, -0.2) is 0 Å². The van der Waals surface area contributed by atoms with E-state index in [1.807, 2.05) is 30.3 Å². The fourth-order valence-corrected chi connectivity index (χ4v) is 5.62. The monoisotopic (exact) mass is 523 g/mol. The van der Waals surface area contributed by atoms with Crippen LogP contribution in [0.15, 0.2) is 53.1 Å². The van der Waals surface area contributed by atoms with E-state index in [0.717, 1.165) is 93.2 Å². The number of H-pyrrole nitrogens is 1. The standard InChI is InChI=1S/C31H33N5O3/c32-19-21-7-9-27-26(16-21)23(20-33-27)4-1-2-11-35-12-14-36(15-13-35)25-8-10-28-24(17-25)18-29(39-28)31(38)34-30(37)22-5-3-6-22/h7-10,16-18,20,22,33H,1-6,11-15H2,(H,34,37,38). The van der Waals surface area contributed by atoms with Crippen molar-refractivity contribution in [1.82, 2.24) is 15.2 Å². The molecule has 8 heteroatoms.